The molecule has 0 unspecified atom stereocenters. The summed E-state index contributed by atoms with van der Waals surface area (Å²) in [4.78, 5) is 18.5. The highest BCUT2D eigenvalue weighted by Gasteiger charge is 2.22. The van der Waals surface area contributed by atoms with Gasteiger partial charge in [-0.1, -0.05) is 17.7 Å². The van der Waals surface area contributed by atoms with Crippen LogP contribution in [0.15, 0.2) is 24.3 Å². The minimum absolute atomic E-state index is 0.297. The molecule has 0 bridgehead atoms. The summed E-state index contributed by atoms with van der Waals surface area (Å²) in [5.74, 6) is 0.664. The van der Waals surface area contributed by atoms with Gasteiger partial charge in [-0.25, -0.2) is 4.79 Å². The van der Waals surface area contributed by atoms with E-state index in [4.69, 9.17) is 9.47 Å². The number of aromatic nitrogens is 1. The number of carbonyl (C=O) groups is 1. The maximum absolute atomic E-state index is 11.8. The molecule has 1 aromatic heterocycles. The van der Waals surface area contributed by atoms with Crippen LogP contribution < -0.4 is 9.64 Å². The van der Waals surface area contributed by atoms with Gasteiger partial charge in [0.15, 0.2) is 0 Å². The smallest absolute Gasteiger partial charge is 0.343 e. The van der Waals surface area contributed by atoms with E-state index in [-0.39, 0.29) is 0 Å². The van der Waals surface area contributed by atoms with Crippen LogP contribution >= 0.6 is 0 Å². The fourth-order valence-electron chi connectivity index (χ4n) is 3.28. The molecule has 0 atom stereocenters. The van der Waals surface area contributed by atoms with Gasteiger partial charge in [0.25, 0.3) is 0 Å². The quantitative estimate of drug-likeness (QED) is 0.812. The minimum atomic E-state index is -0.443. The predicted octanol–water partition coefficient (Wildman–Crippen LogP) is 3.06. The van der Waals surface area contributed by atoms with E-state index in [1.54, 1.807) is 6.07 Å². The minimum Gasteiger partial charge on any atom is -0.480 e. The first kappa shape index (κ1) is 16.3. The Balaban J connectivity index is 1.92. The van der Waals surface area contributed by atoms with E-state index in [9.17, 15) is 4.79 Å². The molecular weight excluding hydrogens is 304 g/mol. The lowest BCUT2D eigenvalue weighted by Gasteiger charge is -2.31. The second-order valence-electron chi connectivity index (χ2n) is 6.11. The number of hydrogen-bond donors (Lipinski definition) is 0. The number of ether oxygens (including phenoxy) is 2. The van der Waals surface area contributed by atoms with E-state index in [1.165, 1.54) is 36.5 Å². The Morgan fingerprint density at radius 3 is 2.71 bits per heavy atom. The van der Waals surface area contributed by atoms with E-state index in [1.807, 2.05) is 6.07 Å². The second kappa shape index (κ2) is 6.51. The first-order chi connectivity index (χ1) is 11.5. The van der Waals surface area contributed by atoms with Crippen LogP contribution in [0.5, 0.6) is 5.88 Å². The molecule has 1 aromatic carbocycles. The van der Waals surface area contributed by atoms with Crippen molar-refractivity contribution in [1.29, 1.82) is 0 Å². The average Bonchev–Trinajstić information content (AvgIpc) is 2.60. The van der Waals surface area contributed by atoms with Crippen molar-refractivity contribution in [3.63, 3.8) is 0 Å². The standard InChI is InChI=1S/C19H22N2O3/c1-12-9-13(2)16-11-21(8-7-14(16)10-12)17-6-5-15(19(22)24-4)18(20-17)23-3/h5-6,9-10H,7-8,11H2,1-4H3. The number of pyridine rings is 1. The molecule has 5 nitrogen and oxygen atoms in total. The van der Waals surface area contributed by atoms with Crippen LogP contribution in [0.25, 0.3) is 0 Å². The van der Waals surface area contributed by atoms with E-state index < -0.39 is 5.97 Å². The molecule has 1 aliphatic rings. The zero-order valence-corrected chi connectivity index (χ0v) is 14.5. The van der Waals surface area contributed by atoms with Crippen LogP contribution in [0.2, 0.25) is 0 Å². The fourth-order valence-corrected chi connectivity index (χ4v) is 3.28. The molecule has 5 heteroatoms. The first-order valence-corrected chi connectivity index (χ1v) is 8.00. The molecular formula is C19H22N2O3. The number of hydrogen-bond acceptors (Lipinski definition) is 5. The van der Waals surface area contributed by atoms with Crippen LogP contribution in [-0.4, -0.2) is 31.7 Å². The largest absolute Gasteiger partial charge is 0.480 e. The molecule has 1 aliphatic heterocycles. The third kappa shape index (κ3) is 2.94. The molecule has 126 valence electrons. The van der Waals surface area contributed by atoms with Gasteiger partial charge in [-0.3, -0.25) is 0 Å². The molecule has 0 saturated carbocycles. The Hall–Kier alpha value is -2.56. The monoisotopic (exact) mass is 326 g/mol. The number of fused-ring (bicyclic) bond motifs is 1. The summed E-state index contributed by atoms with van der Waals surface area (Å²) in [6, 6.07) is 8.05. The summed E-state index contributed by atoms with van der Waals surface area (Å²) in [7, 11) is 2.86. The van der Waals surface area contributed by atoms with E-state index >= 15 is 0 Å². The third-order valence-corrected chi connectivity index (χ3v) is 4.48. The number of methoxy groups -OCH3 is 2. The summed E-state index contributed by atoms with van der Waals surface area (Å²) < 4.78 is 10.0. The zero-order chi connectivity index (χ0) is 17.3. The molecule has 0 saturated heterocycles. The Kier molecular flexibility index (Phi) is 4.42. The fraction of sp³-hybridized carbons (Fsp3) is 0.368. The highest BCUT2D eigenvalue weighted by atomic mass is 16.5. The summed E-state index contributed by atoms with van der Waals surface area (Å²) >= 11 is 0. The summed E-state index contributed by atoms with van der Waals surface area (Å²) in [5, 5.41) is 0. The van der Waals surface area contributed by atoms with Gasteiger partial charge in [0.05, 0.1) is 14.2 Å². The van der Waals surface area contributed by atoms with Crippen molar-refractivity contribution in [2.24, 2.45) is 0 Å². The molecule has 0 amide bonds. The van der Waals surface area contributed by atoms with Crippen molar-refractivity contribution in [2.45, 2.75) is 26.8 Å². The highest BCUT2D eigenvalue weighted by molar-refractivity contribution is 5.92. The molecule has 0 aliphatic carbocycles. The molecule has 0 fully saturated rings. The first-order valence-electron chi connectivity index (χ1n) is 8.00. The van der Waals surface area contributed by atoms with Gasteiger partial charge in [-0.05, 0) is 49.1 Å². The molecule has 2 heterocycles. The molecule has 2 aromatic rings. The number of carbonyl (C=O) groups excluding carboxylic acids is 1. The van der Waals surface area contributed by atoms with Crippen molar-refractivity contribution < 1.29 is 14.3 Å². The number of nitrogens with zero attached hydrogens (tertiary/aromatic N) is 2. The Morgan fingerprint density at radius 1 is 1.21 bits per heavy atom. The van der Waals surface area contributed by atoms with Crippen LogP contribution in [0.1, 0.15) is 32.6 Å². The second-order valence-corrected chi connectivity index (χ2v) is 6.11. The van der Waals surface area contributed by atoms with Gasteiger partial charge in [0.2, 0.25) is 5.88 Å². The van der Waals surface area contributed by atoms with E-state index in [0.717, 1.165) is 25.3 Å². The van der Waals surface area contributed by atoms with Gasteiger partial charge in [-0.2, -0.15) is 4.98 Å². The Morgan fingerprint density at radius 2 is 2.00 bits per heavy atom. The molecule has 24 heavy (non-hydrogen) atoms. The van der Waals surface area contributed by atoms with Gasteiger partial charge in [0, 0.05) is 13.1 Å². The topological polar surface area (TPSA) is 51.7 Å². The van der Waals surface area contributed by atoms with Crippen molar-refractivity contribution in [1.82, 2.24) is 4.98 Å². The number of benzene rings is 1. The van der Waals surface area contributed by atoms with Gasteiger partial charge >= 0.3 is 5.97 Å². The number of aryl methyl sites for hydroxylation is 2. The Bertz CT molecular complexity index is 786. The van der Waals surface area contributed by atoms with Crippen molar-refractivity contribution >= 4 is 11.8 Å². The van der Waals surface area contributed by atoms with Gasteiger partial charge in [0.1, 0.15) is 11.4 Å². The maximum atomic E-state index is 11.8. The molecule has 0 spiro atoms. The van der Waals surface area contributed by atoms with Crippen LogP contribution in [-0.2, 0) is 17.7 Å². The average molecular weight is 326 g/mol. The lowest BCUT2D eigenvalue weighted by molar-refractivity contribution is 0.0596. The van der Waals surface area contributed by atoms with E-state index in [0.29, 0.717) is 11.4 Å². The highest BCUT2D eigenvalue weighted by Crippen LogP contribution is 2.29. The maximum Gasteiger partial charge on any atom is 0.343 e. The lowest BCUT2D eigenvalue weighted by Crippen LogP contribution is -2.31. The summed E-state index contributed by atoms with van der Waals surface area (Å²) in [5.41, 5.74) is 5.74. The van der Waals surface area contributed by atoms with E-state index in [2.05, 4.69) is 35.9 Å². The molecule has 0 N–H and O–H groups in total. The Labute approximate surface area is 142 Å². The van der Waals surface area contributed by atoms with Crippen LogP contribution in [0.4, 0.5) is 5.82 Å². The zero-order valence-electron chi connectivity index (χ0n) is 14.5. The van der Waals surface area contributed by atoms with Gasteiger partial charge < -0.3 is 14.4 Å². The van der Waals surface area contributed by atoms with Crippen LogP contribution in [0.3, 0.4) is 0 Å². The summed E-state index contributed by atoms with van der Waals surface area (Å²) in [6.07, 6.45) is 0.987. The number of anilines is 1. The van der Waals surface area contributed by atoms with Crippen molar-refractivity contribution in [3.8, 4) is 5.88 Å². The van der Waals surface area contributed by atoms with Gasteiger partial charge in [-0.15, -0.1) is 0 Å². The SMILES string of the molecule is COC(=O)c1ccc(N2CCc3cc(C)cc(C)c3C2)nc1OC. The number of esters is 1. The van der Waals surface area contributed by atoms with Crippen molar-refractivity contribution in [3.05, 3.63) is 52.1 Å². The third-order valence-electron chi connectivity index (χ3n) is 4.48. The summed E-state index contributed by atoms with van der Waals surface area (Å²) in [6.45, 7) is 6.00. The predicted molar refractivity (Wildman–Crippen MR) is 92.8 cm³/mol. The van der Waals surface area contributed by atoms with Crippen molar-refractivity contribution in [2.75, 3.05) is 25.7 Å². The van der Waals surface area contributed by atoms with Crippen LogP contribution in [0, 0.1) is 13.8 Å². The normalized spacial score (nSPS) is 13.4. The molecule has 3 rings (SSSR count). The molecule has 0 radical (unpaired) electrons. The lowest BCUT2D eigenvalue weighted by atomic mass is 9.93. The number of rotatable bonds is 3.